The fourth-order valence-electron chi connectivity index (χ4n) is 1.34. The first-order valence-electron chi connectivity index (χ1n) is 6.48. The molecule has 0 heterocycles. The number of hydrogen-bond acceptors (Lipinski definition) is 4. The van der Waals surface area contributed by atoms with E-state index in [9.17, 15) is 22.8 Å². The van der Waals surface area contributed by atoms with Crippen molar-refractivity contribution in [3.63, 3.8) is 0 Å². The molecule has 1 N–H and O–H groups in total. The summed E-state index contributed by atoms with van der Waals surface area (Å²) in [5.74, 6) is -1.71. The summed E-state index contributed by atoms with van der Waals surface area (Å²) in [5, 5.41) is 2.32. The van der Waals surface area contributed by atoms with Gasteiger partial charge >= 0.3 is 12.1 Å². The normalized spacial score (nSPS) is 14.0. The molecule has 21 heavy (non-hydrogen) atoms. The van der Waals surface area contributed by atoms with E-state index in [1.807, 2.05) is 0 Å². The molecule has 0 aromatic carbocycles. The van der Waals surface area contributed by atoms with Gasteiger partial charge in [-0.1, -0.05) is 13.8 Å². The Morgan fingerprint density at radius 1 is 1.14 bits per heavy atom. The second kappa shape index (κ2) is 7.63. The van der Waals surface area contributed by atoms with E-state index in [0.717, 1.165) is 0 Å². The maximum absolute atomic E-state index is 11.9. The molecule has 0 aliphatic carbocycles. The molecule has 0 radical (unpaired) electrons. The van der Waals surface area contributed by atoms with Gasteiger partial charge < -0.3 is 14.8 Å². The largest absolute Gasteiger partial charge is 0.458 e. The maximum atomic E-state index is 11.9. The van der Waals surface area contributed by atoms with Crippen LogP contribution >= 0.6 is 0 Å². The molecule has 0 aromatic rings. The molecular formula is C13H22F3NO4. The molecule has 0 aromatic heterocycles. The standard InChI is InChI=1S/C13H22F3NO4/c1-8(2)10(11(19)21-12(3,4)5)17-9(18)6-20-7-13(14,15)16/h8,10H,6-7H2,1-5H3,(H,17,18)/t10-/m0/s1. The number of halogens is 3. The summed E-state index contributed by atoms with van der Waals surface area (Å²) in [4.78, 5) is 23.4. The van der Waals surface area contributed by atoms with Gasteiger partial charge in [0.1, 0.15) is 24.9 Å². The van der Waals surface area contributed by atoms with Gasteiger partial charge in [-0.25, -0.2) is 4.79 Å². The highest BCUT2D eigenvalue weighted by molar-refractivity contribution is 5.85. The van der Waals surface area contributed by atoms with Crippen LogP contribution in [-0.4, -0.2) is 42.9 Å². The zero-order valence-electron chi connectivity index (χ0n) is 12.8. The Bertz CT molecular complexity index is 361. The molecule has 0 aliphatic heterocycles. The molecule has 0 rings (SSSR count). The van der Waals surface area contributed by atoms with Gasteiger partial charge in [0, 0.05) is 0 Å². The van der Waals surface area contributed by atoms with Crippen molar-refractivity contribution in [2.75, 3.05) is 13.2 Å². The second-order valence-corrected chi connectivity index (χ2v) is 5.93. The topological polar surface area (TPSA) is 64.6 Å². The number of carbonyl (C=O) groups is 2. The summed E-state index contributed by atoms with van der Waals surface area (Å²) in [6, 6.07) is -0.939. The molecular weight excluding hydrogens is 291 g/mol. The van der Waals surface area contributed by atoms with Gasteiger partial charge in [0.15, 0.2) is 0 Å². The fourth-order valence-corrected chi connectivity index (χ4v) is 1.34. The van der Waals surface area contributed by atoms with Crippen molar-refractivity contribution in [3.8, 4) is 0 Å². The van der Waals surface area contributed by atoms with Crippen LogP contribution in [-0.2, 0) is 19.1 Å². The highest BCUT2D eigenvalue weighted by atomic mass is 19.4. The Kier molecular flexibility index (Phi) is 7.15. The van der Waals surface area contributed by atoms with Gasteiger partial charge in [0.05, 0.1) is 0 Å². The molecule has 0 saturated carbocycles. The number of rotatable bonds is 6. The molecule has 1 atom stereocenters. The molecule has 1 amide bonds. The number of nitrogens with one attached hydrogen (secondary N) is 1. The summed E-state index contributed by atoms with van der Waals surface area (Å²) in [5.41, 5.74) is -0.721. The van der Waals surface area contributed by atoms with Crippen LogP contribution in [0, 0.1) is 5.92 Å². The molecule has 0 aliphatic rings. The van der Waals surface area contributed by atoms with E-state index >= 15 is 0 Å². The van der Waals surface area contributed by atoms with Crippen molar-refractivity contribution >= 4 is 11.9 Å². The predicted octanol–water partition coefficient (Wildman–Crippen LogP) is 2.05. The van der Waals surface area contributed by atoms with Gasteiger partial charge in [0.2, 0.25) is 5.91 Å². The van der Waals surface area contributed by atoms with Gasteiger partial charge in [-0.3, -0.25) is 4.79 Å². The third-order valence-electron chi connectivity index (χ3n) is 2.14. The van der Waals surface area contributed by atoms with Crippen molar-refractivity contribution < 1.29 is 32.2 Å². The molecule has 0 unspecified atom stereocenters. The fraction of sp³-hybridized carbons (Fsp3) is 0.846. The SMILES string of the molecule is CC(C)[C@H](NC(=O)COCC(F)(F)F)C(=O)OC(C)(C)C. The Labute approximate surface area is 122 Å². The Balaban J connectivity index is 4.44. The predicted molar refractivity (Wildman–Crippen MR) is 69.5 cm³/mol. The first kappa shape index (κ1) is 19.7. The van der Waals surface area contributed by atoms with Crippen LogP contribution < -0.4 is 5.32 Å². The van der Waals surface area contributed by atoms with Crippen molar-refractivity contribution in [2.45, 2.75) is 52.4 Å². The molecule has 8 heteroatoms. The molecule has 0 spiro atoms. The van der Waals surface area contributed by atoms with E-state index < -0.39 is 42.9 Å². The average Bonchev–Trinajstić information content (AvgIpc) is 2.20. The molecule has 5 nitrogen and oxygen atoms in total. The third kappa shape index (κ3) is 10.1. The van der Waals surface area contributed by atoms with Crippen molar-refractivity contribution in [1.82, 2.24) is 5.32 Å². The smallest absolute Gasteiger partial charge is 0.411 e. The quantitative estimate of drug-likeness (QED) is 0.762. The van der Waals surface area contributed by atoms with Crippen LogP contribution in [0.15, 0.2) is 0 Å². The average molecular weight is 313 g/mol. The third-order valence-corrected chi connectivity index (χ3v) is 2.14. The monoisotopic (exact) mass is 313 g/mol. The summed E-state index contributed by atoms with van der Waals surface area (Å²) < 4.78 is 45.0. The summed E-state index contributed by atoms with van der Waals surface area (Å²) in [6.07, 6.45) is -4.50. The minimum Gasteiger partial charge on any atom is -0.458 e. The highest BCUT2D eigenvalue weighted by Crippen LogP contribution is 2.14. The van der Waals surface area contributed by atoms with E-state index in [1.165, 1.54) is 0 Å². The van der Waals surface area contributed by atoms with E-state index in [-0.39, 0.29) is 5.92 Å². The molecule has 0 fully saturated rings. The van der Waals surface area contributed by atoms with Crippen LogP contribution in [0.4, 0.5) is 13.2 Å². The first-order chi connectivity index (χ1) is 9.32. The van der Waals surface area contributed by atoms with E-state index in [4.69, 9.17) is 4.74 Å². The second-order valence-electron chi connectivity index (χ2n) is 5.93. The van der Waals surface area contributed by atoms with E-state index in [2.05, 4.69) is 10.1 Å². The highest BCUT2D eigenvalue weighted by Gasteiger charge is 2.30. The minimum atomic E-state index is -4.50. The Morgan fingerprint density at radius 2 is 1.67 bits per heavy atom. The van der Waals surface area contributed by atoms with E-state index in [1.54, 1.807) is 34.6 Å². The first-order valence-corrected chi connectivity index (χ1v) is 6.48. The number of ether oxygens (including phenoxy) is 2. The molecule has 124 valence electrons. The number of esters is 1. The summed E-state index contributed by atoms with van der Waals surface area (Å²) >= 11 is 0. The Hall–Kier alpha value is -1.31. The molecule has 0 saturated heterocycles. The summed E-state index contributed by atoms with van der Waals surface area (Å²) in [7, 11) is 0. The number of amides is 1. The zero-order chi connectivity index (χ0) is 16.8. The number of alkyl halides is 3. The lowest BCUT2D eigenvalue weighted by Crippen LogP contribution is -2.48. The zero-order valence-corrected chi connectivity index (χ0v) is 12.8. The van der Waals surface area contributed by atoms with Gasteiger partial charge in [-0.05, 0) is 26.7 Å². The number of hydrogen-bond donors (Lipinski definition) is 1. The molecule has 0 bridgehead atoms. The van der Waals surface area contributed by atoms with E-state index in [0.29, 0.717) is 0 Å². The summed E-state index contributed by atoms with van der Waals surface area (Å²) in [6.45, 7) is 6.12. The van der Waals surface area contributed by atoms with Crippen molar-refractivity contribution in [2.24, 2.45) is 5.92 Å². The minimum absolute atomic E-state index is 0.272. The number of carbonyl (C=O) groups excluding carboxylic acids is 2. The van der Waals surface area contributed by atoms with Gasteiger partial charge in [-0.15, -0.1) is 0 Å². The maximum Gasteiger partial charge on any atom is 0.411 e. The van der Waals surface area contributed by atoms with Crippen molar-refractivity contribution in [1.29, 1.82) is 0 Å². The van der Waals surface area contributed by atoms with Crippen LogP contribution in [0.25, 0.3) is 0 Å². The van der Waals surface area contributed by atoms with Crippen LogP contribution in [0.5, 0.6) is 0 Å². The van der Waals surface area contributed by atoms with Crippen molar-refractivity contribution in [3.05, 3.63) is 0 Å². The van der Waals surface area contributed by atoms with Crippen LogP contribution in [0.1, 0.15) is 34.6 Å². The van der Waals surface area contributed by atoms with Gasteiger partial charge in [-0.2, -0.15) is 13.2 Å². The van der Waals surface area contributed by atoms with Gasteiger partial charge in [0.25, 0.3) is 0 Å². The lowest BCUT2D eigenvalue weighted by atomic mass is 10.0. The van der Waals surface area contributed by atoms with Crippen LogP contribution in [0.3, 0.4) is 0 Å². The Morgan fingerprint density at radius 3 is 2.05 bits per heavy atom. The lowest BCUT2D eigenvalue weighted by Gasteiger charge is -2.26. The van der Waals surface area contributed by atoms with Crippen LogP contribution in [0.2, 0.25) is 0 Å². The lowest BCUT2D eigenvalue weighted by molar-refractivity contribution is -0.176.